The quantitative estimate of drug-likeness (QED) is 0.208. The van der Waals surface area contributed by atoms with Crippen molar-refractivity contribution in [2.75, 3.05) is 6.54 Å². The highest BCUT2D eigenvalue weighted by molar-refractivity contribution is 6.40. The summed E-state index contributed by atoms with van der Waals surface area (Å²) < 4.78 is 0. The van der Waals surface area contributed by atoms with Crippen molar-refractivity contribution in [3.8, 4) is 17.2 Å². The summed E-state index contributed by atoms with van der Waals surface area (Å²) in [5.41, 5.74) is 0.252. The van der Waals surface area contributed by atoms with Gasteiger partial charge in [0.1, 0.15) is 23.3 Å². The van der Waals surface area contributed by atoms with Gasteiger partial charge in [-0.1, -0.05) is 35.3 Å². The van der Waals surface area contributed by atoms with Gasteiger partial charge in [0.2, 0.25) is 0 Å². The minimum absolute atomic E-state index is 0.0353. The number of aromatic hydroxyl groups is 3. The molecule has 3 aromatic carbocycles. The number of phenols is 3. The number of aliphatic carboxylic acids is 1. The first-order valence-electron chi connectivity index (χ1n) is 10.8. The molecule has 3 amide bonds. The average Bonchev–Trinajstić information content (AvgIpc) is 2.83. The largest absolute Gasteiger partial charge is 0.508 e. The third kappa shape index (κ3) is 7.28. The van der Waals surface area contributed by atoms with E-state index in [1.165, 1.54) is 24.3 Å². The zero-order valence-corrected chi connectivity index (χ0v) is 20.9. The molecule has 198 valence electrons. The molecule has 38 heavy (non-hydrogen) atoms. The number of nitrogens with one attached hydrogen (secondary N) is 3. The van der Waals surface area contributed by atoms with Gasteiger partial charge in [0.05, 0.1) is 15.6 Å². The van der Waals surface area contributed by atoms with Crippen LogP contribution in [0.15, 0.2) is 54.6 Å². The Kier molecular flexibility index (Phi) is 9.00. The fourth-order valence-electron chi connectivity index (χ4n) is 3.33. The van der Waals surface area contributed by atoms with E-state index in [9.17, 15) is 39.6 Å². The van der Waals surface area contributed by atoms with Gasteiger partial charge in [0, 0.05) is 30.3 Å². The minimum Gasteiger partial charge on any atom is -0.508 e. The Hall–Kier alpha value is -4.48. The number of amides is 3. The van der Waals surface area contributed by atoms with Crippen LogP contribution in [0.4, 0.5) is 0 Å². The Labute approximate surface area is 225 Å². The van der Waals surface area contributed by atoms with Gasteiger partial charge in [0.25, 0.3) is 17.7 Å². The molecule has 13 heteroatoms. The molecule has 0 aliphatic carbocycles. The predicted molar refractivity (Wildman–Crippen MR) is 137 cm³/mol. The number of benzene rings is 3. The van der Waals surface area contributed by atoms with Gasteiger partial charge in [0.15, 0.2) is 0 Å². The summed E-state index contributed by atoms with van der Waals surface area (Å²) in [5.74, 6) is -4.54. The van der Waals surface area contributed by atoms with Crippen LogP contribution < -0.4 is 16.0 Å². The monoisotopic (exact) mass is 561 g/mol. The first-order chi connectivity index (χ1) is 17.9. The fraction of sp³-hybridized carbons (Fsp3) is 0.120. The van der Waals surface area contributed by atoms with Crippen LogP contribution in [0.2, 0.25) is 10.0 Å². The number of rotatable bonds is 9. The van der Waals surface area contributed by atoms with Crippen molar-refractivity contribution in [1.82, 2.24) is 16.0 Å². The van der Waals surface area contributed by atoms with Crippen LogP contribution in [0.25, 0.3) is 0 Å². The van der Waals surface area contributed by atoms with Gasteiger partial charge in [-0.3, -0.25) is 14.4 Å². The first kappa shape index (κ1) is 28.1. The number of carbonyl (C=O) groups excluding carboxylic acids is 3. The SMILES string of the molecule is O=C(NCc1cccc(O)c1)c1cc(Cl)c(C(=O)N[C@@H](CNC(=O)c2cc(O)cc(O)c2)C(=O)O)c(Cl)c1. The van der Waals surface area contributed by atoms with E-state index in [0.29, 0.717) is 5.56 Å². The second-order valence-electron chi connectivity index (χ2n) is 7.98. The molecule has 0 fully saturated rings. The molecule has 0 saturated carbocycles. The van der Waals surface area contributed by atoms with Crippen LogP contribution in [0.1, 0.15) is 36.6 Å². The van der Waals surface area contributed by atoms with Crippen LogP contribution in [0, 0.1) is 0 Å². The Morgan fingerprint density at radius 2 is 1.32 bits per heavy atom. The molecule has 3 aromatic rings. The smallest absolute Gasteiger partial charge is 0.328 e. The molecular formula is C25H21Cl2N3O8. The molecule has 0 radical (unpaired) electrons. The van der Waals surface area contributed by atoms with E-state index in [0.717, 1.165) is 18.2 Å². The molecule has 1 atom stereocenters. The summed E-state index contributed by atoms with van der Waals surface area (Å²) in [6.45, 7) is -0.458. The normalized spacial score (nSPS) is 11.3. The average molecular weight is 562 g/mol. The molecule has 0 bridgehead atoms. The van der Waals surface area contributed by atoms with Gasteiger partial charge in [-0.05, 0) is 42.0 Å². The van der Waals surface area contributed by atoms with E-state index in [2.05, 4.69) is 16.0 Å². The van der Waals surface area contributed by atoms with Gasteiger partial charge in [-0.25, -0.2) is 4.79 Å². The Bertz CT molecular complexity index is 1370. The van der Waals surface area contributed by atoms with E-state index < -0.39 is 36.3 Å². The summed E-state index contributed by atoms with van der Waals surface area (Å²) >= 11 is 12.4. The van der Waals surface area contributed by atoms with Crippen molar-refractivity contribution in [2.24, 2.45) is 0 Å². The standard InChI is InChI=1S/C25H21Cl2N3O8/c26-18-7-14(23(35)28-10-12-2-1-3-15(31)4-12)8-19(27)21(18)24(36)30-20(25(37)38)11-29-22(34)13-5-16(32)9-17(33)6-13/h1-9,20,31-33H,10-11H2,(H,28,35)(H,29,34)(H,30,36)(H,37,38)/t20-/m0/s1. The summed E-state index contributed by atoms with van der Waals surface area (Å²) in [5, 5.41) is 44.7. The van der Waals surface area contributed by atoms with Crippen molar-refractivity contribution < 1.29 is 39.6 Å². The maximum atomic E-state index is 12.8. The van der Waals surface area contributed by atoms with E-state index >= 15 is 0 Å². The second-order valence-corrected chi connectivity index (χ2v) is 8.79. The summed E-state index contributed by atoms with van der Waals surface area (Å²) in [6.07, 6.45) is 0. The molecule has 0 aromatic heterocycles. The molecular weight excluding hydrogens is 541 g/mol. The summed E-state index contributed by atoms with van der Waals surface area (Å²) in [4.78, 5) is 49.2. The Morgan fingerprint density at radius 3 is 1.89 bits per heavy atom. The van der Waals surface area contributed by atoms with Gasteiger partial charge >= 0.3 is 5.97 Å². The van der Waals surface area contributed by atoms with Crippen LogP contribution in [0.5, 0.6) is 17.2 Å². The van der Waals surface area contributed by atoms with E-state index in [1.54, 1.807) is 12.1 Å². The van der Waals surface area contributed by atoms with Crippen molar-refractivity contribution in [3.63, 3.8) is 0 Å². The zero-order chi connectivity index (χ0) is 28.0. The lowest BCUT2D eigenvalue weighted by Crippen LogP contribution is -2.48. The van der Waals surface area contributed by atoms with Crippen LogP contribution in [0.3, 0.4) is 0 Å². The van der Waals surface area contributed by atoms with Crippen molar-refractivity contribution in [2.45, 2.75) is 12.6 Å². The number of halogens is 2. The molecule has 0 unspecified atom stereocenters. The number of hydrogen-bond donors (Lipinski definition) is 7. The Morgan fingerprint density at radius 1 is 0.737 bits per heavy atom. The highest BCUT2D eigenvalue weighted by Gasteiger charge is 2.25. The van der Waals surface area contributed by atoms with E-state index in [1.807, 2.05) is 0 Å². The van der Waals surface area contributed by atoms with Crippen LogP contribution in [-0.4, -0.2) is 56.7 Å². The Balaban J connectivity index is 1.67. The number of carbonyl (C=O) groups is 4. The topological polar surface area (TPSA) is 185 Å². The molecule has 0 heterocycles. The number of hydrogen-bond acceptors (Lipinski definition) is 7. The zero-order valence-electron chi connectivity index (χ0n) is 19.4. The van der Waals surface area contributed by atoms with Crippen LogP contribution in [-0.2, 0) is 11.3 Å². The van der Waals surface area contributed by atoms with Crippen molar-refractivity contribution in [1.29, 1.82) is 0 Å². The minimum atomic E-state index is -1.60. The maximum Gasteiger partial charge on any atom is 0.328 e. The molecule has 3 rings (SSSR count). The summed E-state index contributed by atoms with van der Waals surface area (Å²) in [7, 11) is 0. The highest BCUT2D eigenvalue weighted by atomic mass is 35.5. The number of carboxylic acids is 1. The maximum absolute atomic E-state index is 12.8. The van der Waals surface area contributed by atoms with Crippen molar-refractivity contribution >= 4 is 46.9 Å². The predicted octanol–water partition coefficient (Wildman–Crippen LogP) is 2.65. The first-order valence-corrected chi connectivity index (χ1v) is 11.6. The highest BCUT2D eigenvalue weighted by Crippen LogP contribution is 2.27. The molecule has 7 N–H and O–H groups in total. The number of phenolic OH excluding ortho intramolecular Hbond substituents is 3. The lowest BCUT2D eigenvalue weighted by Gasteiger charge is -2.17. The molecule has 0 aliphatic heterocycles. The molecule has 11 nitrogen and oxygen atoms in total. The van der Waals surface area contributed by atoms with Crippen molar-refractivity contribution in [3.05, 3.63) is 86.9 Å². The van der Waals surface area contributed by atoms with Gasteiger partial charge < -0.3 is 36.4 Å². The lowest BCUT2D eigenvalue weighted by atomic mass is 10.1. The third-order valence-electron chi connectivity index (χ3n) is 5.13. The van der Waals surface area contributed by atoms with E-state index in [-0.39, 0.29) is 50.5 Å². The molecule has 0 spiro atoms. The third-order valence-corrected chi connectivity index (χ3v) is 5.73. The second kappa shape index (κ2) is 12.2. The molecule has 0 saturated heterocycles. The van der Waals surface area contributed by atoms with E-state index in [4.69, 9.17) is 23.2 Å². The lowest BCUT2D eigenvalue weighted by molar-refractivity contribution is -0.139. The fourth-order valence-corrected chi connectivity index (χ4v) is 3.98. The molecule has 0 aliphatic rings. The number of carboxylic acid groups (broad SMARTS) is 1. The van der Waals surface area contributed by atoms with Gasteiger partial charge in [-0.2, -0.15) is 0 Å². The van der Waals surface area contributed by atoms with Crippen LogP contribution >= 0.6 is 23.2 Å². The van der Waals surface area contributed by atoms with Gasteiger partial charge in [-0.15, -0.1) is 0 Å². The summed E-state index contributed by atoms with van der Waals surface area (Å²) in [6, 6.07) is 10.2.